The van der Waals surface area contributed by atoms with E-state index in [0.717, 1.165) is 18.7 Å². The fourth-order valence-corrected chi connectivity index (χ4v) is 4.58. The fraction of sp³-hybridized carbons (Fsp3) is 0.684. The number of nitrogens with zero attached hydrogens (tertiary/aromatic N) is 4. The van der Waals surface area contributed by atoms with Gasteiger partial charge in [-0.2, -0.15) is 0 Å². The zero-order valence-corrected chi connectivity index (χ0v) is 15.3. The topological polar surface area (TPSA) is 56.6 Å². The molecule has 6 heteroatoms. The van der Waals surface area contributed by atoms with Crippen LogP contribution in [0.4, 0.5) is 0 Å². The van der Waals surface area contributed by atoms with Gasteiger partial charge in [-0.25, -0.2) is 4.98 Å². The molecule has 4 rings (SSSR count). The number of aromatic nitrogens is 3. The van der Waals surface area contributed by atoms with Crippen molar-refractivity contribution >= 4 is 5.78 Å². The summed E-state index contributed by atoms with van der Waals surface area (Å²) in [5.41, 5.74) is 1.05. The Morgan fingerprint density at radius 3 is 2.72 bits per heavy atom. The van der Waals surface area contributed by atoms with Gasteiger partial charge in [-0.15, -0.1) is 0 Å². The number of aromatic amines is 1. The van der Waals surface area contributed by atoms with Gasteiger partial charge in [-0.05, 0) is 59.2 Å². The van der Waals surface area contributed by atoms with Crippen molar-refractivity contribution in [2.24, 2.45) is 0 Å². The normalized spacial score (nSPS) is 24.4. The molecule has 6 nitrogen and oxygen atoms in total. The quantitative estimate of drug-likeness (QED) is 0.930. The summed E-state index contributed by atoms with van der Waals surface area (Å²) in [6, 6.07) is 3.36. The third-order valence-electron chi connectivity index (χ3n) is 6.01. The largest absolute Gasteiger partial charge is 0.327 e. The number of piperidine rings is 2. The molecule has 0 saturated carbocycles. The minimum Gasteiger partial charge on any atom is -0.327 e. The Labute approximate surface area is 148 Å². The van der Waals surface area contributed by atoms with Crippen molar-refractivity contribution in [3.05, 3.63) is 34.5 Å². The maximum Gasteiger partial charge on any atom is 0.259 e. The lowest BCUT2D eigenvalue weighted by Crippen LogP contribution is -2.49. The molecule has 2 fully saturated rings. The Morgan fingerprint density at radius 1 is 1.16 bits per heavy atom. The number of nitrogens with one attached hydrogen (secondary N) is 1. The molecule has 2 aromatic rings. The summed E-state index contributed by atoms with van der Waals surface area (Å²) in [5.74, 6) is 0.655. The summed E-state index contributed by atoms with van der Waals surface area (Å²) in [5, 5.41) is 0. The average Bonchev–Trinajstić information content (AvgIpc) is 3.11. The first-order valence-electron chi connectivity index (χ1n) is 9.69. The Kier molecular flexibility index (Phi) is 4.65. The van der Waals surface area contributed by atoms with E-state index >= 15 is 0 Å². The highest BCUT2D eigenvalue weighted by atomic mass is 16.1. The Morgan fingerprint density at radius 2 is 1.96 bits per heavy atom. The van der Waals surface area contributed by atoms with E-state index in [9.17, 15) is 4.79 Å². The van der Waals surface area contributed by atoms with Crippen molar-refractivity contribution in [3.63, 3.8) is 0 Å². The molecular weight excluding hydrogens is 314 g/mol. The van der Waals surface area contributed by atoms with Crippen LogP contribution >= 0.6 is 0 Å². The van der Waals surface area contributed by atoms with E-state index in [2.05, 4.69) is 33.6 Å². The average molecular weight is 343 g/mol. The van der Waals surface area contributed by atoms with Gasteiger partial charge in [-0.1, -0.05) is 6.42 Å². The molecule has 0 aromatic carbocycles. The molecule has 1 N–H and O–H groups in total. The molecule has 0 aliphatic carbocycles. The predicted octanol–water partition coefficient (Wildman–Crippen LogP) is 2.42. The SMILES string of the molecule is CC(C)N1CCC(N2CCCCC2c2cc(=O)n3ccnc3[nH]2)CC1. The summed E-state index contributed by atoms with van der Waals surface area (Å²) in [6.07, 6.45) is 9.46. The Hall–Kier alpha value is -1.66. The molecule has 25 heavy (non-hydrogen) atoms. The van der Waals surface area contributed by atoms with Gasteiger partial charge >= 0.3 is 0 Å². The van der Waals surface area contributed by atoms with Crippen LogP contribution < -0.4 is 5.56 Å². The highest BCUT2D eigenvalue weighted by Gasteiger charge is 2.33. The Balaban J connectivity index is 1.57. The van der Waals surface area contributed by atoms with Crippen LogP contribution in [0.5, 0.6) is 0 Å². The lowest BCUT2D eigenvalue weighted by atomic mass is 9.93. The number of imidazole rings is 1. The van der Waals surface area contributed by atoms with Crippen molar-refractivity contribution in [2.45, 2.75) is 64.1 Å². The molecule has 2 aromatic heterocycles. The molecule has 1 atom stereocenters. The fourth-order valence-electron chi connectivity index (χ4n) is 4.58. The van der Waals surface area contributed by atoms with Gasteiger partial charge in [0.2, 0.25) is 5.78 Å². The van der Waals surface area contributed by atoms with E-state index in [1.165, 1.54) is 38.8 Å². The molecule has 2 saturated heterocycles. The lowest BCUT2D eigenvalue weighted by Gasteiger charge is -2.45. The van der Waals surface area contributed by atoms with E-state index in [-0.39, 0.29) is 5.56 Å². The van der Waals surface area contributed by atoms with Crippen molar-refractivity contribution in [3.8, 4) is 0 Å². The van der Waals surface area contributed by atoms with E-state index < -0.39 is 0 Å². The second-order valence-corrected chi connectivity index (χ2v) is 7.79. The first-order valence-corrected chi connectivity index (χ1v) is 9.69. The molecule has 0 amide bonds. The maximum atomic E-state index is 12.4. The summed E-state index contributed by atoms with van der Waals surface area (Å²) in [6.45, 7) is 8.07. The molecule has 0 spiro atoms. The molecular formula is C19H29N5O. The molecule has 0 radical (unpaired) electrons. The second kappa shape index (κ2) is 6.92. The van der Waals surface area contributed by atoms with Gasteiger partial charge in [0.1, 0.15) is 0 Å². The molecule has 4 heterocycles. The van der Waals surface area contributed by atoms with Crippen LogP contribution in [0.15, 0.2) is 23.3 Å². The third kappa shape index (κ3) is 3.25. The summed E-state index contributed by atoms with van der Waals surface area (Å²) >= 11 is 0. The zero-order valence-electron chi connectivity index (χ0n) is 15.3. The second-order valence-electron chi connectivity index (χ2n) is 7.79. The van der Waals surface area contributed by atoms with Gasteiger partial charge in [0.15, 0.2) is 0 Å². The Bertz CT molecular complexity index is 771. The van der Waals surface area contributed by atoms with Gasteiger partial charge in [0.25, 0.3) is 5.56 Å². The van der Waals surface area contributed by atoms with Crippen molar-refractivity contribution in [1.82, 2.24) is 24.2 Å². The molecule has 0 bridgehead atoms. The van der Waals surface area contributed by atoms with Crippen LogP contribution in [0.2, 0.25) is 0 Å². The monoisotopic (exact) mass is 343 g/mol. The van der Waals surface area contributed by atoms with Crippen molar-refractivity contribution < 1.29 is 0 Å². The molecule has 1 unspecified atom stereocenters. The number of fused-ring (bicyclic) bond motifs is 1. The van der Waals surface area contributed by atoms with Gasteiger partial charge < -0.3 is 9.88 Å². The molecule has 2 aliphatic heterocycles. The molecule has 2 aliphatic rings. The van der Waals surface area contributed by atoms with Crippen molar-refractivity contribution in [2.75, 3.05) is 19.6 Å². The minimum atomic E-state index is 0.0152. The van der Waals surface area contributed by atoms with Gasteiger partial charge in [0.05, 0.1) is 6.04 Å². The van der Waals surface area contributed by atoms with Crippen LogP contribution in [0, 0.1) is 0 Å². The number of hydrogen-bond donors (Lipinski definition) is 1. The van der Waals surface area contributed by atoms with Crippen LogP contribution in [0.3, 0.4) is 0 Å². The van der Waals surface area contributed by atoms with E-state index in [0.29, 0.717) is 23.9 Å². The van der Waals surface area contributed by atoms with E-state index in [4.69, 9.17) is 0 Å². The highest BCUT2D eigenvalue weighted by Crippen LogP contribution is 2.34. The smallest absolute Gasteiger partial charge is 0.259 e. The number of H-pyrrole nitrogens is 1. The third-order valence-corrected chi connectivity index (χ3v) is 6.01. The van der Waals surface area contributed by atoms with Gasteiger partial charge in [0, 0.05) is 36.2 Å². The number of likely N-dealkylation sites (tertiary alicyclic amines) is 2. The summed E-state index contributed by atoms with van der Waals surface area (Å²) in [7, 11) is 0. The summed E-state index contributed by atoms with van der Waals surface area (Å²) < 4.78 is 1.58. The zero-order chi connectivity index (χ0) is 17.4. The maximum absolute atomic E-state index is 12.4. The van der Waals surface area contributed by atoms with E-state index in [1.807, 2.05) is 0 Å². The molecule has 136 valence electrons. The predicted molar refractivity (Wildman–Crippen MR) is 98.8 cm³/mol. The lowest BCUT2D eigenvalue weighted by molar-refractivity contribution is 0.0407. The van der Waals surface area contributed by atoms with Crippen molar-refractivity contribution in [1.29, 1.82) is 0 Å². The van der Waals surface area contributed by atoms with Crippen LogP contribution in [0.1, 0.15) is 57.7 Å². The van der Waals surface area contributed by atoms with Crippen LogP contribution in [-0.2, 0) is 0 Å². The number of hydrogen-bond acceptors (Lipinski definition) is 4. The minimum absolute atomic E-state index is 0.0152. The van der Waals surface area contributed by atoms with E-state index in [1.54, 1.807) is 22.9 Å². The standard InChI is InChI=1S/C19H29N5O/c1-14(2)22-10-6-15(7-11-22)23-9-4-3-5-17(23)16-13-18(25)24-12-8-20-19(24)21-16/h8,12-15,17H,3-7,9-11H2,1-2H3,(H,20,21). The highest BCUT2D eigenvalue weighted by molar-refractivity contribution is 5.30. The van der Waals surface area contributed by atoms with Gasteiger partial charge in [-0.3, -0.25) is 14.1 Å². The van der Waals surface area contributed by atoms with Crippen LogP contribution in [0.25, 0.3) is 5.78 Å². The van der Waals surface area contributed by atoms with Crippen LogP contribution in [-0.4, -0.2) is 55.9 Å². The first-order chi connectivity index (χ1) is 12.1. The number of rotatable bonds is 3. The first kappa shape index (κ1) is 16.8. The summed E-state index contributed by atoms with van der Waals surface area (Å²) in [4.78, 5) is 25.3.